The number of amides is 1. The van der Waals surface area contributed by atoms with Crippen molar-refractivity contribution in [1.82, 2.24) is 14.8 Å². The molecule has 1 N–H and O–H groups in total. The first kappa shape index (κ1) is 17.4. The smallest absolute Gasteiger partial charge is 0.292 e. The number of benzene rings is 1. The Labute approximate surface area is 149 Å². The van der Waals surface area contributed by atoms with Gasteiger partial charge in [-0.3, -0.25) is 14.9 Å². The molecule has 3 rings (SSSR count). The number of carbonyl (C=O) groups excluding carboxylic acids is 1. The Morgan fingerprint density at radius 3 is 2.80 bits per heavy atom. The van der Waals surface area contributed by atoms with E-state index >= 15 is 0 Å². The third-order valence-corrected chi connectivity index (χ3v) is 5.09. The average molecular weight is 361 g/mol. The van der Waals surface area contributed by atoms with Gasteiger partial charge in [0.2, 0.25) is 5.91 Å². The highest BCUT2D eigenvalue weighted by molar-refractivity contribution is 8.00. The van der Waals surface area contributed by atoms with E-state index in [2.05, 4.69) is 15.5 Å². The summed E-state index contributed by atoms with van der Waals surface area (Å²) >= 11 is 1.31. The molecule has 1 fully saturated rings. The van der Waals surface area contributed by atoms with E-state index in [0.717, 1.165) is 25.2 Å². The van der Waals surface area contributed by atoms with Gasteiger partial charge in [-0.25, -0.2) is 0 Å². The van der Waals surface area contributed by atoms with Crippen molar-refractivity contribution in [1.29, 1.82) is 0 Å². The van der Waals surface area contributed by atoms with E-state index in [-0.39, 0.29) is 17.3 Å². The van der Waals surface area contributed by atoms with E-state index in [9.17, 15) is 14.9 Å². The minimum Gasteiger partial charge on any atom is -0.319 e. The fourth-order valence-corrected chi connectivity index (χ4v) is 3.43. The second-order valence-corrected chi connectivity index (χ2v) is 7.19. The van der Waals surface area contributed by atoms with Crippen LogP contribution in [0.5, 0.6) is 0 Å². The zero-order chi connectivity index (χ0) is 18.0. The number of hydrogen-bond donors (Lipinski definition) is 1. The van der Waals surface area contributed by atoms with E-state index in [4.69, 9.17) is 0 Å². The van der Waals surface area contributed by atoms with Gasteiger partial charge in [0.1, 0.15) is 11.5 Å². The van der Waals surface area contributed by atoms with Crippen LogP contribution in [-0.2, 0) is 11.3 Å². The Kier molecular flexibility index (Phi) is 5.03. The van der Waals surface area contributed by atoms with Crippen LogP contribution in [0.25, 0.3) is 0 Å². The lowest BCUT2D eigenvalue weighted by atomic mass is 10.2. The van der Waals surface area contributed by atoms with E-state index in [1.54, 1.807) is 19.1 Å². The molecule has 1 atom stereocenters. The highest BCUT2D eigenvalue weighted by Gasteiger charge is 2.31. The third kappa shape index (κ3) is 3.81. The molecule has 0 saturated heterocycles. The fourth-order valence-electron chi connectivity index (χ4n) is 2.51. The van der Waals surface area contributed by atoms with Crippen LogP contribution in [0.3, 0.4) is 0 Å². The minimum atomic E-state index is -0.511. The molecule has 9 heteroatoms. The molecule has 132 valence electrons. The maximum Gasteiger partial charge on any atom is 0.292 e. The molecule has 0 bridgehead atoms. The van der Waals surface area contributed by atoms with Crippen molar-refractivity contribution in [2.45, 2.75) is 49.6 Å². The van der Waals surface area contributed by atoms with Crippen LogP contribution in [0.1, 0.15) is 38.4 Å². The minimum absolute atomic E-state index is 0.124. The molecule has 0 radical (unpaired) electrons. The number of thioether (sulfide) groups is 1. The van der Waals surface area contributed by atoms with E-state index in [1.807, 2.05) is 11.5 Å². The fraction of sp³-hybridized carbons (Fsp3) is 0.438. The zero-order valence-corrected chi connectivity index (χ0v) is 14.8. The number of hydrogen-bond acceptors (Lipinski definition) is 6. The molecule has 25 heavy (non-hydrogen) atoms. The molecule has 1 aliphatic rings. The number of para-hydroxylation sites is 2. The van der Waals surface area contributed by atoms with Crippen molar-refractivity contribution in [3.63, 3.8) is 0 Å². The number of nitrogens with one attached hydrogen (secondary N) is 1. The number of nitrogens with zero attached hydrogens (tertiary/aromatic N) is 4. The molecule has 1 amide bonds. The molecular formula is C16H19N5O3S. The molecule has 1 saturated carbocycles. The highest BCUT2D eigenvalue weighted by atomic mass is 32.2. The summed E-state index contributed by atoms with van der Waals surface area (Å²) in [6.07, 6.45) is 2.27. The molecule has 0 unspecified atom stereocenters. The van der Waals surface area contributed by atoms with E-state index in [1.165, 1.54) is 23.9 Å². The predicted octanol–water partition coefficient (Wildman–Crippen LogP) is 3.20. The monoisotopic (exact) mass is 361 g/mol. The van der Waals surface area contributed by atoms with Gasteiger partial charge in [0.25, 0.3) is 5.69 Å². The van der Waals surface area contributed by atoms with Crippen molar-refractivity contribution in [2.24, 2.45) is 0 Å². The maximum atomic E-state index is 12.4. The van der Waals surface area contributed by atoms with Crippen LogP contribution in [0, 0.1) is 10.1 Å². The van der Waals surface area contributed by atoms with Gasteiger partial charge in [-0.05, 0) is 32.8 Å². The largest absolute Gasteiger partial charge is 0.319 e. The topological polar surface area (TPSA) is 103 Å². The number of rotatable bonds is 7. The molecule has 1 aromatic heterocycles. The Balaban J connectivity index is 1.70. The molecule has 2 aromatic rings. The lowest BCUT2D eigenvalue weighted by Crippen LogP contribution is -2.23. The summed E-state index contributed by atoms with van der Waals surface area (Å²) < 4.78 is 2.04. The Morgan fingerprint density at radius 1 is 1.44 bits per heavy atom. The first-order valence-corrected chi connectivity index (χ1v) is 9.03. The van der Waals surface area contributed by atoms with Crippen LogP contribution in [0.2, 0.25) is 0 Å². The van der Waals surface area contributed by atoms with Crippen LogP contribution in [0.4, 0.5) is 11.4 Å². The number of nitro benzene ring substituents is 1. The predicted molar refractivity (Wildman–Crippen MR) is 94.7 cm³/mol. The summed E-state index contributed by atoms with van der Waals surface area (Å²) in [5.41, 5.74) is 0.0707. The van der Waals surface area contributed by atoms with Crippen LogP contribution in [0.15, 0.2) is 29.4 Å². The Morgan fingerprint density at radius 2 is 2.16 bits per heavy atom. The van der Waals surface area contributed by atoms with Crippen LogP contribution in [-0.4, -0.2) is 30.8 Å². The summed E-state index contributed by atoms with van der Waals surface area (Å²) in [6.45, 7) is 4.53. The standard InChI is InChI=1S/C16H19N5O3S/c1-3-20-14(11-8-9-11)18-19-16(20)25-10(2)15(22)17-12-6-4-5-7-13(12)21(23)24/h4-7,10-11H,3,8-9H2,1-2H3,(H,17,22)/t10-/m0/s1. The molecule has 0 spiro atoms. The second kappa shape index (κ2) is 7.22. The van der Waals surface area contributed by atoms with Gasteiger partial charge in [-0.1, -0.05) is 23.9 Å². The molecule has 1 heterocycles. The number of carbonyl (C=O) groups is 1. The average Bonchev–Trinajstić information content (AvgIpc) is 3.36. The molecular weight excluding hydrogens is 342 g/mol. The van der Waals surface area contributed by atoms with Gasteiger partial charge in [0.05, 0.1) is 10.2 Å². The van der Waals surface area contributed by atoms with Crippen molar-refractivity contribution >= 4 is 29.0 Å². The van der Waals surface area contributed by atoms with Gasteiger partial charge in [0, 0.05) is 18.5 Å². The lowest BCUT2D eigenvalue weighted by Gasteiger charge is -2.12. The molecule has 0 aliphatic heterocycles. The first-order chi connectivity index (χ1) is 12.0. The van der Waals surface area contributed by atoms with Crippen molar-refractivity contribution in [2.75, 3.05) is 5.32 Å². The van der Waals surface area contributed by atoms with Crippen LogP contribution < -0.4 is 5.32 Å². The van der Waals surface area contributed by atoms with E-state index in [0.29, 0.717) is 11.1 Å². The van der Waals surface area contributed by atoms with Crippen molar-refractivity contribution in [3.05, 3.63) is 40.2 Å². The van der Waals surface area contributed by atoms with Gasteiger partial charge in [-0.2, -0.15) is 0 Å². The molecule has 8 nitrogen and oxygen atoms in total. The summed E-state index contributed by atoms with van der Waals surface area (Å²) in [5.74, 6) is 1.16. The van der Waals surface area contributed by atoms with Crippen molar-refractivity contribution in [3.8, 4) is 0 Å². The second-order valence-electron chi connectivity index (χ2n) is 5.88. The summed E-state index contributed by atoms with van der Waals surface area (Å²) in [7, 11) is 0. The van der Waals surface area contributed by atoms with E-state index < -0.39 is 10.2 Å². The number of aromatic nitrogens is 3. The Bertz CT molecular complexity index is 803. The molecule has 1 aliphatic carbocycles. The third-order valence-electron chi connectivity index (χ3n) is 4.01. The SMILES string of the molecule is CCn1c(S[C@@H](C)C(=O)Nc2ccccc2[N+](=O)[O-])nnc1C1CC1. The van der Waals surface area contributed by atoms with Gasteiger partial charge < -0.3 is 9.88 Å². The lowest BCUT2D eigenvalue weighted by molar-refractivity contribution is -0.383. The quantitative estimate of drug-likeness (QED) is 0.461. The van der Waals surface area contributed by atoms with Crippen molar-refractivity contribution < 1.29 is 9.72 Å². The normalized spacial score (nSPS) is 15.0. The number of anilines is 1. The zero-order valence-electron chi connectivity index (χ0n) is 14.0. The van der Waals surface area contributed by atoms with Gasteiger partial charge in [0.15, 0.2) is 5.16 Å². The van der Waals surface area contributed by atoms with Gasteiger partial charge in [-0.15, -0.1) is 10.2 Å². The van der Waals surface area contributed by atoms with Gasteiger partial charge >= 0.3 is 0 Å². The summed E-state index contributed by atoms with van der Waals surface area (Å²) in [4.78, 5) is 23.0. The maximum absolute atomic E-state index is 12.4. The highest BCUT2D eigenvalue weighted by Crippen LogP contribution is 2.40. The summed E-state index contributed by atoms with van der Waals surface area (Å²) in [5, 5.41) is 22.4. The summed E-state index contributed by atoms with van der Waals surface area (Å²) in [6, 6.07) is 6.10. The first-order valence-electron chi connectivity index (χ1n) is 8.15. The number of nitro groups is 1. The van der Waals surface area contributed by atoms with Crippen LogP contribution >= 0.6 is 11.8 Å². The molecule has 1 aromatic carbocycles. The Hall–Kier alpha value is -2.42.